The molecule has 0 bridgehead atoms. The average Bonchev–Trinajstić information content (AvgIpc) is 2.28. The molecule has 102 valence electrons. The number of ether oxygens (including phenoxy) is 1. The summed E-state index contributed by atoms with van der Waals surface area (Å²) in [7, 11) is -2.85. The van der Waals surface area contributed by atoms with Crippen molar-refractivity contribution in [2.75, 3.05) is 31.2 Å². The first-order chi connectivity index (χ1) is 8.02. The molecule has 0 heterocycles. The Labute approximate surface area is 104 Å². The van der Waals surface area contributed by atoms with Crippen molar-refractivity contribution in [1.82, 2.24) is 5.32 Å². The third kappa shape index (κ3) is 10.3. The van der Waals surface area contributed by atoms with Crippen LogP contribution in [0.4, 0.5) is 0 Å². The Morgan fingerprint density at radius 1 is 1.18 bits per heavy atom. The van der Waals surface area contributed by atoms with E-state index in [1.54, 1.807) is 13.8 Å². The lowest BCUT2D eigenvalue weighted by atomic mass is 10.3. The Morgan fingerprint density at radius 3 is 2.41 bits per heavy atom. The first kappa shape index (κ1) is 16.4. The van der Waals surface area contributed by atoms with E-state index < -0.39 is 9.84 Å². The van der Waals surface area contributed by atoms with Crippen LogP contribution in [-0.4, -0.2) is 45.6 Å². The van der Waals surface area contributed by atoms with E-state index in [2.05, 4.69) is 5.32 Å². The van der Waals surface area contributed by atoms with Crippen molar-refractivity contribution in [2.45, 2.75) is 33.1 Å². The molecular formula is C11H23NO4S. The van der Waals surface area contributed by atoms with Crippen LogP contribution >= 0.6 is 0 Å². The van der Waals surface area contributed by atoms with E-state index in [-0.39, 0.29) is 17.5 Å². The Morgan fingerprint density at radius 2 is 1.82 bits per heavy atom. The second-order valence-electron chi connectivity index (χ2n) is 3.75. The minimum absolute atomic E-state index is 0.178. The van der Waals surface area contributed by atoms with Gasteiger partial charge in [0.05, 0.1) is 12.4 Å². The predicted molar refractivity (Wildman–Crippen MR) is 67.7 cm³/mol. The van der Waals surface area contributed by atoms with Crippen LogP contribution in [0.2, 0.25) is 0 Å². The van der Waals surface area contributed by atoms with E-state index in [1.165, 1.54) is 0 Å². The lowest BCUT2D eigenvalue weighted by Gasteiger charge is -2.05. The summed E-state index contributed by atoms with van der Waals surface area (Å²) < 4.78 is 27.1. The average molecular weight is 265 g/mol. The summed E-state index contributed by atoms with van der Waals surface area (Å²) in [6, 6.07) is 0. The van der Waals surface area contributed by atoms with Gasteiger partial charge in [-0.05, 0) is 32.9 Å². The lowest BCUT2D eigenvalue weighted by molar-refractivity contribution is -0.143. The number of carbonyl (C=O) groups is 1. The van der Waals surface area contributed by atoms with Crippen molar-refractivity contribution >= 4 is 15.8 Å². The van der Waals surface area contributed by atoms with Gasteiger partial charge in [-0.15, -0.1) is 0 Å². The molecule has 0 saturated carbocycles. The van der Waals surface area contributed by atoms with Crippen molar-refractivity contribution in [3.8, 4) is 0 Å². The van der Waals surface area contributed by atoms with Crippen LogP contribution in [0.3, 0.4) is 0 Å². The van der Waals surface area contributed by atoms with E-state index in [1.807, 2.05) is 0 Å². The molecule has 0 aliphatic rings. The monoisotopic (exact) mass is 265 g/mol. The Hall–Kier alpha value is -0.620. The largest absolute Gasteiger partial charge is 0.466 e. The summed E-state index contributed by atoms with van der Waals surface area (Å²) >= 11 is 0. The van der Waals surface area contributed by atoms with Crippen molar-refractivity contribution in [1.29, 1.82) is 0 Å². The van der Waals surface area contributed by atoms with Gasteiger partial charge in [-0.2, -0.15) is 0 Å². The van der Waals surface area contributed by atoms with Gasteiger partial charge in [-0.25, -0.2) is 8.42 Å². The van der Waals surface area contributed by atoms with Gasteiger partial charge in [0.15, 0.2) is 0 Å². The van der Waals surface area contributed by atoms with Gasteiger partial charge in [-0.3, -0.25) is 4.79 Å². The first-order valence-corrected chi connectivity index (χ1v) is 7.90. The molecule has 0 radical (unpaired) electrons. The minimum atomic E-state index is -2.85. The van der Waals surface area contributed by atoms with Gasteiger partial charge in [0.25, 0.3) is 0 Å². The van der Waals surface area contributed by atoms with Crippen LogP contribution in [0.25, 0.3) is 0 Å². The topological polar surface area (TPSA) is 72.5 Å². The summed E-state index contributed by atoms with van der Waals surface area (Å²) in [5.41, 5.74) is 0. The summed E-state index contributed by atoms with van der Waals surface area (Å²) in [5, 5.41) is 3.11. The standard InChI is InChI=1S/C11H23NO4S/c1-3-16-11(13)7-5-8-12-9-6-10-17(14,15)4-2/h12H,3-10H2,1-2H3. The van der Waals surface area contributed by atoms with E-state index in [0.717, 1.165) is 6.42 Å². The number of hydrogen-bond acceptors (Lipinski definition) is 5. The second-order valence-corrected chi connectivity index (χ2v) is 6.22. The molecule has 0 aromatic carbocycles. The van der Waals surface area contributed by atoms with Gasteiger partial charge in [0.2, 0.25) is 0 Å². The molecule has 0 saturated heterocycles. The van der Waals surface area contributed by atoms with E-state index in [9.17, 15) is 13.2 Å². The Bertz CT molecular complexity index is 301. The van der Waals surface area contributed by atoms with Crippen LogP contribution in [0.1, 0.15) is 33.1 Å². The minimum Gasteiger partial charge on any atom is -0.466 e. The van der Waals surface area contributed by atoms with Gasteiger partial charge in [-0.1, -0.05) is 6.92 Å². The van der Waals surface area contributed by atoms with Gasteiger partial charge in [0, 0.05) is 12.2 Å². The summed E-state index contributed by atoms with van der Waals surface area (Å²) in [6.45, 7) is 5.24. The highest BCUT2D eigenvalue weighted by molar-refractivity contribution is 7.91. The number of nitrogens with one attached hydrogen (secondary N) is 1. The molecule has 17 heavy (non-hydrogen) atoms. The van der Waals surface area contributed by atoms with Crippen molar-refractivity contribution in [3.05, 3.63) is 0 Å². The van der Waals surface area contributed by atoms with Crippen LogP contribution in [-0.2, 0) is 19.4 Å². The van der Waals surface area contributed by atoms with E-state index in [0.29, 0.717) is 32.5 Å². The maximum Gasteiger partial charge on any atom is 0.305 e. The molecule has 6 heteroatoms. The normalized spacial score (nSPS) is 11.4. The Balaban J connectivity index is 3.33. The molecule has 0 spiro atoms. The van der Waals surface area contributed by atoms with Crippen molar-refractivity contribution in [2.24, 2.45) is 0 Å². The number of rotatable bonds is 10. The quantitative estimate of drug-likeness (QED) is 0.466. The zero-order valence-electron chi connectivity index (χ0n) is 10.7. The molecule has 0 aliphatic carbocycles. The fraction of sp³-hybridized carbons (Fsp3) is 0.909. The highest BCUT2D eigenvalue weighted by Crippen LogP contribution is 1.94. The van der Waals surface area contributed by atoms with Crippen LogP contribution in [0.5, 0.6) is 0 Å². The highest BCUT2D eigenvalue weighted by Gasteiger charge is 2.06. The maximum atomic E-state index is 11.2. The molecule has 0 aromatic rings. The highest BCUT2D eigenvalue weighted by atomic mass is 32.2. The predicted octanol–water partition coefficient (Wildman–Crippen LogP) is 0.744. The SMILES string of the molecule is CCOC(=O)CCCNCCCS(=O)(=O)CC. The maximum absolute atomic E-state index is 11.2. The molecule has 0 unspecified atom stereocenters. The molecule has 1 N–H and O–H groups in total. The van der Waals surface area contributed by atoms with Crippen molar-refractivity contribution < 1.29 is 17.9 Å². The molecule has 0 rings (SSSR count). The molecule has 0 aromatic heterocycles. The zero-order chi connectivity index (χ0) is 13.1. The van der Waals surface area contributed by atoms with Crippen LogP contribution < -0.4 is 5.32 Å². The smallest absolute Gasteiger partial charge is 0.305 e. The van der Waals surface area contributed by atoms with Gasteiger partial charge < -0.3 is 10.1 Å². The van der Waals surface area contributed by atoms with Crippen LogP contribution in [0.15, 0.2) is 0 Å². The second kappa shape index (κ2) is 9.41. The fourth-order valence-electron chi connectivity index (χ4n) is 1.28. The van der Waals surface area contributed by atoms with Crippen molar-refractivity contribution in [3.63, 3.8) is 0 Å². The molecule has 0 fully saturated rings. The van der Waals surface area contributed by atoms with E-state index >= 15 is 0 Å². The van der Waals surface area contributed by atoms with Gasteiger partial charge in [0.1, 0.15) is 9.84 Å². The summed E-state index contributed by atoms with van der Waals surface area (Å²) in [4.78, 5) is 11.0. The molecule has 0 amide bonds. The zero-order valence-corrected chi connectivity index (χ0v) is 11.5. The third-order valence-corrected chi connectivity index (χ3v) is 4.08. The molecular weight excluding hydrogens is 242 g/mol. The molecule has 0 aliphatic heterocycles. The molecule has 0 atom stereocenters. The third-order valence-electron chi connectivity index (χ3n) is 2.29. The number of esters is 1. The number of hydrogen-bond donors (Lipinski definition) is 1. The first-order valence-electron chi connectivity index (χ1n) is 6.08. The van der Waals surface area contributed by atoms with Gasteiger partial charge >= 0.3 is 5.97 Å². The lowest BCUT2D eigenvalue weighted by Crippen LogP contribution is -2.21. The molecule has 5 nitrogen and oxygen atoms in total. The fourth-order valence-corrected chi connectivity index (χ4v) is 2.15. The Kier molecular flexibility index (Phi) is 9.07. The number of sulfone groups is 1. The van der Waals surface area contributed by atoms with E-state index in [4.69, 9.17) is 4.74 Å². The summed E-state index contributed by atoms with van der Waals surface area (Å²) in [6.07, 6.45) is 1.75. The number of carbonyl (C=O) groups excluding carboxylic acids is 1. The van der Waals surface area contributed by atoms with Crippen LogP contribution in [0, 0.1) is 0 Å². The summed E-state index contributed by atoms with van der Waals surface area (Å²) in [5.74, 6) is 0.257.